The van der Waals surface area contributed by atoms with E-state index in [2.05, 4.69) is 45.0 Å². The molecule has 0 spiro atoms. The molecule has 0 heterocycles. The van der Waals surface area contributed by atoms with Gasteiger partial charge in [0.15, 0.2) is 0 Å². The standard InChI is InChI=1S/C14H32N2O/c1-6-14(7-2,12-17)11-15-9-8-10-16(5)13(3)4/h13,15,17H,6-12H2,1-5H3. The summed E-state index contributed by atoms with van der Waals surface area (Å²) in [6.45, 7) is 12.2. The minimum absolute atomic E-state index is 0.0873. The molecule has 3 heteroatoms. The van der Waals surface area contributed by atoms with Crippen molar-refractivity contribution in [2.45, 2.75) is 53.0 Å². The zero-order chi connectivity index (χ0) is 13.3. The van der Waals surface area contributed by atoms with Crippen LogP contribution >= 0.6 is 0 Å². The first-order valence-corrected chi connectivity index (χ1v) is 7.03. The molecule has 2 N–H and O–H groups in total. The summed E-state index contributed by atoms with van der Waals surface area (Å²) in [5.74, 6) is 0. The van der Waals surface area contributed by atoms with E-state index in [4.69, 9.17) is 0 Å². The van der Waals surface area contributed by atoms with Crippen LogP contribution in [-0.2, 0) is 0 Å². The fraction of sp³-hybridized carbons (Fsp3) is 1.00. The number of nitrogens with one attached hydrogen (secondary N) is 1. The zero-order valence-corrected chi connectivity index (χ0v) is 12.4. The van der Waals surface area contributed by atoms with Crippen molar-refractivity contribution < 1.29 is 5.11 Å². The van der Waals surface area contributed by atoms with Crippen molar-refractivity contribution >= 4 is 0 Å². The van der Waals surface area contributed by atoms with E-state index < -0.39 is 0 Å². The van der Waals surface area contributed by atoms with Crippen LogP contribution in [0.2, 0.25) is 0 Å². The molecule has 0 amide bonds. The molecule has 0 bridgehead atoms. The van der Waals surface area contributed by atoms with E-state index in [0.717, 1.165) is 32.5 Å². The zero-order valence-electron chi connectivity index (χ0n) is 12.4. The summed E-state index contributed by atoms with van der Waals surface area (Å²) < 4.78 is 0. The van der Waals surface area contributed by atoms with Gasteiger partial charge in [-0.2, -0.15) is 0 Å². The highest BCUT2D eigenvalue weighted by Gasteiger charge is 2.24. The van der Waals surface area contributed by atoms with Crippen LogP contribution in [0.1, 0.15) is 47.0 Å². The van der Waals surface area contributed by atoms with Gasteiger partial charge in [-0.1, -0.05) is 13.8 Å². The lowest BCUT2D eigenvalue weighted by Crippen LogP contribution is -2.38. The van der Waals surface area contributed by atoms with Gasteiger partial charge in [0.1, 0.15) is 0 Å². The maximum absolute atomic E-state index is 9.45. The SMILES string of the molecule is CCC(CC)(CO)CNCCCN(C)C(C)C. The molecule has 0 fully saturated rings. The van der Waals surface area contributed by atoms with Crippen molar-refractivity contribution in [3.05, 3.63) is 0 Å². The summed E-state index contributed by atoms with van der Waals surface area (Å²) in [6.07, 6.45) is 3.25. The van der Waals surface area contributed by atoms with E-state index in [9.17, 15) is 5.11 Å². The summed E-state index contributed by atoms with van der Waals surface area (Å²) in [5, 5.41) is 12.9. The molecule has 0 radical (unpaired) electrons. The molecule has 0 rings (SSSR count). The van der Waals surface area contributed by atoms with Crippen LogP contribution < -0.4 is 5.32 Å². The van der Waals surface area contributed by atoms with E-state index in [0.29, 0.717) is 12.6 Å². The predicted molar refractivity (Wildman–Crippen MR) is 75.4 cm³/mol. The summed E-state index contributed by atoms with van der Waals surface area (Å²) in [4.78, 5) is 2.36. The Morgan fingerprint density at radius 3 is 2.24 bits per heavy atom. The van der Waals surface area contributed by atoms with E-state index in [1.165, 1.54) is 6.42 Å². The normalized spacial score (nSPS) is 12.7. The molecule has 0 saturated heterocycles. The highest BCUT2D eigenvalue weighted by Crippen LogP contribution is 2.24. The van der Waals surface area contributed by atoms with Gasteiger partial charge >= 0.3 is 0 Å². The van der Waals surface area contributed by atoms with Crippen LogP contribution in [0.25, 0.3) is 0 Å². The van der Waals surface area contributed by atoms with Gasteiger partial charge in [0.05, 0.1) is 0 Å². The minimum Gasteiger partial charge on any atom is -0.396 e. The first-order valence-electron chi connectivity index (χ1n) is 7.03. The Morgan fingerprint density at radius 1 is 1.24 bits per heavy atom. The van der Waals surface area contributed by atoms with Gasteiger partial charge in [-0.25, -0.2) is 0 Å². The maximum atomic E-state index is 9.45. The molecule has 0 aromatic rings. The minimum atomic E-state index is 0.0873. The molecule has 17 heavy (non-hydrogen) atoms. The average Bonchev–Trinajstić information content (AvgIpc) is 2.34. The molecular formula is C14H32N2O. The molecule has 0 atom stereocenters. The molecule has 0 aromatic heterocycles. The quantitative estimate of drug-likeness (QED) is 0.578. The smallest absolute Gasteiger partial charge is 0.0499 e. The fourth-order valence-electron chi connectivity index (χ4n) is 1.84. The van der Waals surface area contributed by atoms with Gasteiger partial charge in [0.2, 0.25) is 0 Å². The van der Waals surface area contributed by atoms with Gasteiger partial charge in [-0.3, -0.25) is 0 Å². The molecule has 0 aliphatic heterocycles. The number of rotatable bonds is 10. The molecule has 0 unspecified atom stereocenters. The molecule has 104 valence electrons. The first kappa shape index (κ1) is 16.9. The van der Waals surface area contributed by atoms with E-state index in [1.807, 2.05) is 0 Å². The lowest BCUT2D eigenvalue weighted by atomic mass is 9.83. The third-order valence-electron chi connectivity index (χ3n) is 4.08. The Hall–Kier alpha value is -0.120. The maximum Gasteiger partial charge on any atom is 0.0499 e. The van der Waals surface area contributed by atoms with Crippen LogP contribution in [0.4, 0.5) is 0 Å². The van der Waals surface area contributed by atoms with Crippen molar-refractivity contribution in [3.63, 3.8) is 0 Å². The highest BCUT2D eigenvalue weighted by atomic mass is 16.3. The Kier molecular flexibility index (Phi) is 8.83. The number of aliphatic hydroxyl groups is 1. The van der Waals surface area contributed by atoms with Gasteiger partial charge in [0, 0.05) is 24.6 Å². The third-order valence-corrected chi connectivity index (χ3v) is 4.08. The van der Waals surface area contributed by atoms with E-state index >= 15 is 0 Å². The first-order chi connectivity index (χ1) is 8.01. The Balaban J connectivity index is 3.69. The fourth-order valence-corrected chi connectivity index (χ4v) is 1.84. The van der Waals surface area contributed by atoms with Crippen LogP contribution in [-0.4, -0.2) is 49.3 Å². The van der Waals surface area contributed by atoms with Crippen molar-refractivity contribution in [1.82, 2.24) is 10.2 Å². The number of hydrogen-bond donors (Lipinski definition) is 2. The van der Waals surface area contributed by atoms with Gasteiger partial charge in [-0.05, 0) is 53.2 Å². The number of nitrogens with zero attached hydrogens (tertiary/aromatic N) is 1. The largest absolute Gasteiger partial charge is 0.396 e. The summed E-state index contributed by atoms with van der Waals surface area (Å²) in [5.41, 5.74) is 0.0873. The molecular weight excluding hydrogens is 212 g/mol. The van der Waals surface area contributed by atoms with Crippen LogP contribution in [0.3, 0.4) is 0 Å². The molecule has 0 aromatic carbocycles. The van der Waals surface area contributed by atoms with Crippen LogP contribution in [0, 0.1) is 5.41 Å². The number of aliphatic hydroxyl groups excluding tert-OH is 1. The van der Waals surface area contributed by atoms with Crippen molar-refractivity contribution in [1.29, 1.82) is 0 Å². The second-order valence-electron chi connectivity index (χ2n) is 5.47. The second-order valence-corrected chi connectivity index (χ2v) is 5.47. The van der Waals surface area contributed by atoms with Crippen LogP contribution in [0.15, 0.2) is 0 Å². The van der Waals surface area contributed by atoms with Crippen molar-refractivity contribution in [2.75, 3.05) is 33.3 Å². The topological polar surface area (TPSA) is 35.5 Å². The van der Waals surface area contributed by atoms with Crippen molar-refractivity contribution in [2.24, 2.45) is 5.41 Å². The van der Waals surface area contributed by atoms with Gasteiger partial charge in [-0.15, -0.1) is 0 Å². The summed E-state index contributed by atoms with van der Waals surface area (Å²) in [6, 6.07) is 0.623. The van der Waals surface area contributed by atoms with E-state index in [-0.39, 0.29) is 5.41 Å². The monoisotopic (exact) mass is 244 g/mol. The van der Waals surface area contributed by atoms with Crippen LogP contribution in [0.5, 0.6) is 0 Å². The molecule has 3 nitrogen and oxygen atoms in total. The molecule has 0 saturated carbocycles. The Morgan fingerprint density at radius 2 is 1.82 bits per heavy atom. The summed E-state index contributed by atoms with van der Waals surface area (Å²) >= 11 is 0. The highest BCUT2D eigenvalue weighted by molar-refractivity contribution is 4.78. The molecule has 0 aliphatic rings. The lowest BCUT2D eigenvalue weighted by molar-refractivity contribution is 0.113. The van der Waals surface area contributed by atoms with Gasteiger partial charge < -0.3 is 15.3 Å². The number of hydrogen-bond acceptors (Lipinski definition) is 3. The van der Waals surface area contributed by atoms with E-state index in [1.54, 1.807) is 0 Å². The summed E-state index contributed by atoms with van der Waals surface area (Å²) in [7, 11) is 2.17. The average molecular weight is 244 g/mol. The Bertz CT molecular complexity index is 171. The van der Waals surface area contributed by atoms with Crippen molar-refractivity contribution in [3.8, 4) is 0 Å². The second kappa shape index (κ2) is 8.90. The Labute approximate surface area is 108 Å². The third kappa shape index (κ3) is 6.39. The predicted octanol–water partition coefficient (Wildman–Crippen LogP) is 2.10. The van der Waals surface area contributed by atoms with Gasteiger partial charge in [0.25, 0.3) is 0 Å². The lowest BCUT2D eigenvalue weighted by Gasteiger charge is -2.30. The molecule has 0 aliphatic carbocycles.